The number of fused-ring (bicyclic) bond motifs is 1. The molecule has 2 heteroatoms. The van der Waals surface area contributed by atoms with Gasteiger partial charge in [-0.25, -0.2) is 0 Å². The van der Waals surface area contributed by atoms with E-state index < -0.39 is 0 Å². The molecule has 3 aromatic rings. The number of benzene rings is 3. The molecule has 0 amide bonds. The molecule has 2 atom stereocenters. The predicted molar refractivity (Wildman–Crippen MR) is 107 cm³/mol. The maximum Gasteiger partial charge on any atom is 0.119 e. The molecule has 4 rings (SSSR count). The molecule has 2 nitrogen and oxygen atoms in total. The van der Waals surface area contributed by atoms with E-state index in [0.29, 0.717) is 18.6 Å². The molecule has 1 N–H and O–H groups in total. The van der Waals surface area contributed by atoms with E-state index in [-0.39, 0.29) is 0 Å². The highest BCUT2D eigenvalue weighted by Crippen LogP contribution is 2.33. The first-order valence-corrected chi connectivity index (χ1v) is 9.34. The number of nitrogens with one attached hydrogen (secondary N) is 1. The molecule has 2 unspecified atom stereocenters. The SMILES string of the molecule is CNC1Cc2ccccc2C1COc1ccc(Cc2ccccc2)cc1. The van der Waals surface area contributed by atoms with Crippen LogP contribution < -0.4 is 10.1 Å². The van der Waals surface area contributed by atoms with Crippen molar-refractivity contribution in [2.24, 2.45) is 0 Å². The summed E-state index contributed by atoms with van der Waals surface area (Å²) in [6.45, 7) is 0.709. The molecule has 1 aliphatic carbocycles. The van der Waals surface area contributed by atoms with Crippen molar-refractivity contribution in [1.29, 1.82) is 0 Å². The highest BCUT2D eigenvalue weighted by molar-refractivity contribution is 5.38. The number of likely N-dealkylation sites (N-methyl/N-ethyl adjacent to an activating group) is 1. The average molecular weight is 343 g/mol. The molecule has 132 valence electrons. The Kier molecular flexibility index (Phi) is 5.03. The van der Waals surface area contributed by atoms with E-state index >= 15 is 0 Å². The third kappa shape index (κ3) is 3.66. The van der Waals surface area contributed by atoms with E-state index in [4.69, 9.17) is 4.74 Å². The first kappa shape index (κ1) is 16.9. The van der Waals surface area contributed by atoms with Gasteiger partial charge in [-0.1, -0.05) is 66.7 Å². The molecule has 0 spiro atoms. The smallest absolute Gasteiger partial charge is 0.119 e. The summed E-state index contributed by atoms with van der Waals surface area (Å²) in [4.78, 5) is 0. The molecule has 0 fully saturated rings. The van der Waals surface area contributed by atoms with Gasteiger partial charge >= 0.3 is 0 Å². The molecule has 0 heterocycles. The Balaban J connectivity index is 1.40. The van der Waals surface area contributed by atoms with Crippen molar-refractivity contribution in [3.05, 3.63) is 101 Å². The minimum atomic E-state index is 0.403. The summed E-state index contributed by atoms with van der Waals surface area (Å²) in [5, 5.41) is 3.45. The molecule has 26 heavy (non-hydrogen) atoms. The second-order valence-electron chi connectivity index (χ2n) is 7.02. The summed E-state index contributed by atoms with van der Waals surface area (Å²) in [6.07, 6.45) is 2.04. The van der Waals surface area contributed by atoms with E-state index in [0.717, 1.165) is 18.6 Å². The Morgan fingerprint density at radius 1 is 0.846 bits per heavy atom. The van der Waals surface area contributed by atoms with Gasteiger partial charge in [0.05, 0.1) is 6.61 Å². The van der Waals surface area contributed by atoms with Gasteiger partial charge in [-0.05, 0) is 54.3 Å². The molecule has 0 saturated carbocycles. The zero-order valence-electron chi connectivity index (χ0n) is 15.2. The van der Waals surface area contributed by atoms with Crippen molar-refractivity contribution in [3.8, 4) is 5.75 Å². The van der Waals surface area contributed by atoms with E-state index in [1.807, 2.05) is 7.05 Å². The fourth-order valence-corrected chi connectivity index (χ4v) is 3.91. The number of hydrogen-bond acceptors (Lipinski definition) is 2. The van der Waals surface area contributed by atoms with E-state index in [9.17, 15) is 0 Å². The van der Waals surface area contributed by atoms with Crippen molar-refractivity contribution >= 4 is 0 Å². The number of ether oxygens (including phenoxy) is 1. The van der Waals surface area contributed by atoms with Gasteiger partial charge in [0.1, 0.15) is 5.75 Å². The van der Waals surface area contributed by atoms with Crippen molar-refractivity contribution in [1.82, 2.24) is 5.32 Å². The monoisotopic (exact) mass is 343 g/mol. The Labute approximate surface area is 155 Å². The van der Waals surface area contributed by atoms with Crippen LogP contribution in [0, 0.1) is 0 Å². The van der Waals surface area contributed by atoms with E-state index in [1.54, 1.807) is 0 Å². The normalized spacial score (nSPS) is 18.5. The highest BCUT2D eigenvalue weighted by atomic mass is 16.5. The van der Waals surface area contributed by atoms with Crippen molar-refractivity contribution in [3.63, 3.8) is 0 Å². The average Bonchev–Trinajstić information content (AvgIpc) is 3.06. The third-order valence-electron chi connectivity index (χ3n) is 5.35. The summed E-state index contributed by atoms with van der Waals surface area (Å²) in [5.41, 5.74) is 5.51. The largest absolute Gasteiger partial charge is 0.493 e. The molecule has 3 aromatic carbocycles. The van der Waals surface area contributed by atoms with Crippen LogP contribution in [-0.4, -0.2) is 19.7 Å². The van der Waals surface area contributed by atoms with Crippen LogP contribution in [-0.2, 0) is 12.8 Å². The molecule has 0 aliphatic heterocycles. The first-order chi connectivity index (χ1) is 12.8. The van der Waals surface area contributed by atoms with Crippen LogP contribution in [0.3, 0.4) is 0 Å². The first-order valence-electron chi connectivity index (χ1n) is 9.34. The van der Waals surface area contributed by atoms with Crippen molar-refractivity contribution in [2.45, 2.75) is 24.8 Å². The molecule has 0 aromatic heterocycles. The Bertz CT molecular complexity index is 842. The van der Waals surface area contributed by atoms with Crippen LogP contribution in [0.25, 0.3) is 0 Å². The van der Waals surface area contributed by atoms with Gasteiger partial charge < -0.3 is 10.1 Å². The van der Waals surface area contributed by atoms with Gasteiger partial charge in [0, 0.05) is 12.0 Å². The minimum Gasteiger partial charge on any atom is -0.493 e. The summed E-state index contributed by atoms with van der Waals surface area (Å²) in [5.74, 6) is 1.35. The van der Waals surface area contributed by atoms with Gasteiger partial charge in [-0.3, -0.25) is 0 Å². The maximum atomic E-state index is 6.14. The van der Waals surface area contributed by atoms with E-state index in [1.165, 1.54) is 22.3 Å². The van der Waals surface area contributed by atoms with Crippen molar-refractivity contribution < 1.29 is 4.74 Å². The standard InChI is InChI=1S/C24H25NO/c1-25-24-16-20-9-5-6-10-22(20)23(24)17-26-21-13-11-19(12-14-21)15-18-7-3-2-4-8-18/h2-14,23-25H,15-17H2,1H3. The topological polar surface area (TPSA) is 21.3 Å². The van der Waals surface area contributed by atoms with Crippen LogP contribution in [0.2, 0.25) is 0 Å². The fourth-order valence-electron chi connectivity index (χ4n) is 3.91. The van der Waals surface area contributed by atoms with Gasteiger partial charge in [-0.15, -0.1) is 0 Å². The third-order valence-corrected chi connectivity index (χ3v) is 5.35. The molecular formula is C24H25NO. The lowest BCUT2D eigenvalue weighted by Gasteiger charge is -2.20. The fraction of sp³-hybridized carbons (Fsp3) is 0.250. The lowest BCUT2D eigenvalue weighted by molar-refractivity contribution is 0.267. The van der Waals surface area contributed by atoms with Gasteiger partial charge in [-0.2, -0.15) is 0 Å². The quantitative estimate of drug-likeness (QED) is 0.707. The number of hydrogen-bond donors (Lipinski definition) is 1. The zero-order chi connectivity index (χ0) is 17.8. The lowest BCUT2D eigenvalue weighted by atomic mass is 9.99. The van der Waals surface area contributed by atoms with Gasteiger partial charge in [0.2, 0.25) is 0 Å². The Morgan fingerprint density at radius 2 is 1.54 bits per heavy atom. The Hall–Kier alpha value is -2.58. The van der Waals surface area contributed by atoms with Crippen LogP contribution in [0.4, 0.5) is 0 Å². The van der Waals surface area contributed by atoms with Gasteiger partial charge in [0.15, 0.2) is 0 Å². The molecular weight excluding hydrogens is 318 g/mol. The molecule has 1 aliphatic rings. The summed E-state index contributed by atoms with van der Waals surface area (Å²) in [6, 6.07) is 28.3. The molecule has 0 bridgehead atoms. The van der Waals surface area contributed by atoms with E-state index in [2.05, 4.69) is 84.2 Å². The molecule has 0 saturated heterocycles. The zero-order valence-corrected chi connectivity index (χ0v) is 15.2. The maximum absolute atomic E-state index is 6.14. The van der Waals surface area contributed by atoms with Gasteiger partial charge in [0.25, 0.3) is 0 Å². The minimum absolute atomic E-state index is 0.403. The summed E-state index contributed by atoms with van der Waals surface area (Å²) in [7, 11) is 2.04. The molecule has 0 radical (unpaired) electrons. The highest BCUT2D eigenvalue weighted by Gasteiger charge is 2.31. The predicted octanol–water partition coefficient (Wildman–Crippen LogP) is 4.58. The van der Waals surface area contributed by atoms with Crippen LogP contribution in [0.15, 0.2) is 78.9 Å². The van der Waals surface area contributed by atoms with Crippen molar-refractivity contribution in [2.75, 3.05) is 13.7 Å². The van der Waals surface area contributed by atoms with Crippen LogP contribution in [0.1, 0.15) is 28.2 Å². The lowest BCUT2D eigenvalue weighted by Crippen LogP contribution is -2.32. The number of rotatable bonds is 6. The summed E-state index contributed by atoms with van der Waals surface area (Å²) < 4.78 is 6.14. The second-order valence-corrected chi connectivity index (χ2v) is 7.02. The Morgan fingerprint density at radius 3 is 2.31 bits per heavy atom. The second kappa shape index (κ2) is 7.76. The summed E-state index contributed by atoms with van der Waals surface area (Å²) >= 11 is 0. The van der Waals surface area contributed by atoms with Crippen LogP contribution >= 0.6 is 0 Å². The van der Waals surface area contributed by atoms with Crippen LogP contribution in [0.5, 0.6) is 5.75 Å².